The molecule has 1 aromatic heterocycles. The van der Waals surface area contributed by atoms with Gasteiger partial charge in [-0.2, -0.15) is 5.10 Å². The van der Waals surface area contributed by atoms with Gasteiger partial charge >= 0.3 is 0 Å². The molecule has 18 heavy (non-hydrogen) atoms. The van der Waals surface area contributed by atoms with E-state index in [0.29, 0.717) is 5.88 Å². The fourth-order valence-corrected chi connectivity index (χ4v) is 2.02. The lowest BCUT2D eigenvalue weighted by atomic mass is 9.83. The van der Waals surface area contributed by atoms with Crippen molar-refractivity contribution >= 4 is 0 Å². The maximum atomic E-state index is 5.60. The van der Waals surface area contributed by atoms with E-state index in [4.69, 9.17) is 4.74 Å². The number of rotatable bonds is 8. The van der Waals surface area contributed by atoms with Gasteiger partial charge in [0.1, 0.15) is 0 Å². The zero-order valence-corrected chi connectivity index (χ0v) is 11.2. The minimum Gasteiger partial charge on any atom is -0.477 e. The van der Waals surface area contributed by atoms with Gasteiger partial charge in [0, 0.05) is 12.6 Å². The van der Waals surface area contributed by atoms with Crippen molar-refractivity contribution in [3.05, 3.63) is 17.8 Å². The van der Waals surface area contributed by atoms with Crippen LogP contribution in [0.3, 0.4) is 0 Å². The van der Waals surface area contributed by atoms with Crippen LogP contribution in [0.15, 0.2) is 12.1 Å². The molecule has 4 heteroatoms. The van der Waals surface area contributed by atoms with Crippen molar-refractivity contribution in [2.75, 3.05) is 13.2 Å². The molecule has 1 aromatic rings. The van der Waals surface area contributed by atoms with E-state index >= 15 is 0 Å². The van der Waals surface area contributed by atoms with Crippen molar-refractivity contribution in [2.45, 2.75) is 45.6 Å². The zero-order chi connectivity index (χ0) is 12.6. The van der Waals surface area contributed by atoms with Crippen LogP contribution in [0.4, 0.5) is 0 Å². The van der Waals surface area contributed by atoms with Crippen molar-refractivity contribution in [1.82, 2.24) is 15.5 Å². The smallest absolute Gasteiger partial charge is 0.233 e. The molecule has 4 nitrogen and oxygen atoms in total. The van der Waals surface area contributed by atoms with Gasteiger partial charge in [-0.25, -0.2) is 0 Å². The summed E-state index contributed by atoms with van der Waals surface area (Å²) in [4.78, 5) is 0. The Hall–Kier alpha value is -1.16. The molecule has 0 spiro atoms. The largest absolute Gasteiger partial charge is 0.477 e. The Labute approximate surface area is 109 Å². The van der Waals surface area contributed by atoms with Gasteiger partial charge in [-0.1, -0.05) is 26.2 Å². The highest BCUT2D eigenvalue weighted by Crippen LogP contribution is 2.29. The topological polar surface area (TPSA) is 47.0 Å². The lowest BCUT2D eigenvalue weighted by Gasteiger charge is -2.24. The SMILES string of the molecule is CCCNCc1ccc(OCCC2CCC2)nn1. The highest BCUT2D eigenvalue weighted by atomic mass is 16.5. The molecule has 1 fully saturated rings. The Morgan fingerprint density at radius 3 is 2.83 bits per heavy atom. The van der Waals surface area contributed by atoms with Crippen LogP contribution in [0.2, 0.25) is 0 Å². The van der Waals surface area contributed by atoms with Crippen molar-refractivity contribution in [2.24, 2.45) is 5.92 Å². The van der Waals surface area contributed by atoms with E-state index in [2.05, 4.69) is 22.4 Å². The zero-order valence-electron chi connectivity index (χ0n) is 11.2. The predicted molar refractivity (Wildman–Crippen MR) is 71.5 cm³/mol. The molecule has 0 saturated heterocycles. The average Bonchev–Trinajstić information content (AvgIpc) is 2.34. The Bertz CT molecular complexity index is 335. The molecule has 0 bridgehead atoms. The van der Waals surface area contributed by atoms with Gasteiger partial charge < -0.3 is 10.1 Å². The average molecular weight is 249 g/mol. The third kappa shape index (κ3) is 4.26. The Morgan fingerprint density at radius 2 is 2.22 bits per heavy atom. The third-order valence-corrected chi connectivity index (χ3v) is 3.43. The van der Waals surface area contributed by atoms with Crippen molar-refractivity contribution in [1.29, 1.82) is 0 Å². The van der Waals surface area contributed by atoms with E-state index in [1.807, 2.05) is 12.1 Å². The number of nitrogens with zero attached hydrogens (tertiary/aromatic N) is 2. The first kappa shape index (κ1) is 13.3. The molecule has 1 aliphatic carbocycles. The maximum absolute atomic E-state index is 5.60. The molecule has 2 rings (SSSR count). The Balaban J connectivity index is 1.66. The highest BCUT2D eigenvalue weighted by Gasteiger charge is 2.16. The fraction of sp³-hybridized carbons (Fsp3) is 0.714. The van der Waals surface area contributed by atoms with Crippen molar-refractivity contribution < 1.29 is 4.74 Å². The molecule has 1 heterocycles. The fourth-order valence-electron chi connectivity index (χ4n) is 2.02. The van der Waals surface area contributed by atoms with Gasteiger partial charge in [0.25, 0.3) is 0 Å². The molecule has 0 radical (unpaired) electrons. The first-order chi connectivity index (χ1) is 8.88. The van der Waals surface area contributed by atoms with Crippen LogP contribution in [0, 0.1) is 5.92 Å². The molecule has 100 valence electrons. The molecule has 0 aromatic carbocycles. The number of aromatic nitrogens is 2. The van der Waals surface area contributed by atoms with Gasteiger partial charge in [-0.05, 0) is 31.4 Å². The summed E-state index contributed by atoms with van der Waals surface area (Å²) in [6, 6.07) is 3.89. The summed E-state index contributed by atoms with van der Waals surface area (Å²) in [6.07, 6.45) is 6.43. The molecular formula is C14H23N3O. The molecule has 1 N–H and O–H groups in total. The van der Waals surface area contributed by atoms with Gasteiger partial charge in [0.05, 0.1) is 12.3 Å². The minimum absolute atomic E-state index is 0.647. The number of hydrogen-bond donors (Lipinski definition) is 1. The molecular weight excluding hydrogens is 226 g/mol. The quantitative estimate of drug-likeness (QED) is 0.719. The normalized spacial score (nSPS) is 15.4. The van der Waals surface area contributed by atoms with E-state index in [-0.39, 0.29) is 0 Å². The summed E-state index contributed by atoms with van der Waals surface area (Å²) in [6.45, 7) is 4.72. The standard InChI is InChI=1S/C14H23N3O/c1-2-9-15-11-13-6-7-14(17-16-13)18-10-8-12-4-3-5-12/h6-7,12,15H,2-5,8-11H2,1H3. The minimum atomic E-state index is 0.647. The van der Waals surface area contributed by atoms with Crippen molar-refractivity contribution in [3.63, 3.8) is 0 Å². The predicted octanol–water partition coefficient (Wildman–Crippen LogP) is 2.55. The molecule has 1 saturated carbocycles. The maximum Gasteiger partial charge on any atom is 0.233 e. The van der Waals surface area contributed by atoms with E-state index < -0.39 is 0 Å². The number of hydrogen-bond acceptors (Lipinski definition) is 4. The molecule has 0 unspecified atom stereocenters. The summed E-state index contributed by atoms with van der Waals surface area (Å²) in [5, 5.41) is 11.5. The van der Waals surface area contributed by atoms with Crippen LogP contribution < -0.4 is 10.1 Å². The highest BCUT2D eigenvalue weighted by molar-refractivity contribution is 5.11. The van der Waals surface area contributed by atoms with Crippen LogP contribution >= 0.6 is 0 Å². The van der Waals surface area contributed by atoms with Crippen LogP contribution in [-0.4, -0.2) is 23.3 Å². The number of nitrogens with one attached hydrogen (secondary N) is 1. The van der Waals surface area contributed by atoms with E-state index in [0.717, 1.165) is 44.1 Å². The van der Waals surface area contributed by atoms with Gasteiger partial charge in [-0.15, -0.1) is 5.10 Å². The summed E-state index contributed by atoms with van der Waals surface area (Å²) < 4.78 is 5.60. The molecule has 0 amide bonds. The molecule has 0 aliphatic heterocycles. The lowest BCUT2D eigenvalue weighted by Crippen LogP contribution is -2.16. The second-order valence-corrected chi connectivity index (χ2v) is 4.97. The monoisotopic (exact) mass is 249 g/mol. The first-order valence-electron chi connectivity index (χ1n) is 7.04. The second-order valence-electron chi connectivity index (χ2n) is 4.97. The summed E-state index contributed by atoms with van der Waals surface area (Å²) >= 11 is 0. The van der Waals surface area contributed by atoms with Gasteiger partial charge in [0.15, 0.2) is 0 Å². The van der Waals surface area contributed by atoms with E-state index in [9.17, 15) is 0 Å². The Morgan fingerprint density at radius 1 is 1.33 bits per heavy atom. The summed E-state index contributed by atoms with van der Waals surface area (Å²) in [5.41, 5.74) is 0.967. The van der Waals surface area contributed by atoms with Crippen molar-refractivity contribution in [3.8, 4) is 5.88 Å². The van der Waals surface area contributed by atoms with E-state index in [1.165, 1.54) is 19.3 Å². The second kappa shape index (κ2) is 7.31. The summed E-state index contributed by atoms with van der Waals surface area (Å²) in [7, 11) is 0. The third-order valence-electron chi connectivity index (χ3n) is 3.43. The Kier molecular flexibility index (Phi) is 5.39. The van der Waals surface area contributed by atoms with Crippen LogP contribution in [0.25, 0.3) is 0 Å². The van der Waals surface area contributed by atoms with Gasteiger partial charge in [0.2, 0.25) is 5.88 Å². The van der Waals surface area contributed by atoms with Crippen LogP contribution in [0.5, 0.6) is 5.88 Å². The van der Waals surface area contributed by atoms with Gasteiger partial charge in [-0.3, -0.25) is 0 Å². The lowest BCUT2D eigenvalue weighted by molar-refractivity contribution is 0.216. The first-order valence-corrected chi connectivity index (χ1v) is 7.04. The molecule has 1 aliphatic rings. The number of ether oxygens (including phenoxy) is 1. The van der Waals surface area contributed by atoms with Crippen LogP contribution in [0.1, 0.15) is 44.7 Å². The summed E-state index contributed by atoms with van der Waals surface area (Å²) in [5.74, 6) is 1.53. The van der Waals surface area contributed by atoms with E-state index in [1.54, 1.807) is 0 Å². The van der Waals surface area contributed by atoms with Crippen LogP contribution in [-0.2, 0) is 6.54 Å². The molecule has 0 atom stereocenters.